The van der Waals surface area contributed by atoms with Crippen molar-refractivity contribution in [1.82, 2.24) is 15.5 Å². The number of likely N-dealkylation sites (tertiary alicyclic amines) is 1. The number of rotatable bonds is 2. The van der Waals surface area contributed by atoms with E-state index in [-0.39, 0.29) is 17.7 Å². The Hall–Kier alpha value is -1.88. The van der Waals surface area contributed by atoms with Gasteiger partial charge in [0.1, 0.15) is 6.04 Å². The van der Waals surface area contributed by atoms with Gasteiger partial charge in [0.25, 0.3) is 0 Å². The molecular weight excluding hydrogens is 266 g/mol. The van der Waals surface area contributed by atoms with E-state index in [9.17, 15) is 9.59 Å². The van der Waals surface area contributed by atoms with Gasteiger partial charge in [-0.3, -0.25) is 9.59 Å². The van der Waals surface area contributed by atoms with Crippen molar-refractivity contribution in [2.45, 2.75) is 25.4 Å². The third-order valence-electron chi connectivity index (χ3n) is 4.46. The van der Waals surface area contributed by atoms with Crippen molar-refractivity contribution >= 4 is 11.8 Å². The molecular formula is C16H21N3O2. The van der Waals surface area contributed by atoms with Crippen LogP contribution in [0.15, 0.2) is 24.3 Å². The minimum absolute atomic E-state index is 0.0000435. The number of hydrogen-bond acceptors (Lipinski definition) is 3. The van der Waals surface area contributed by atoms with E-state index in [2.05, 4.69) is 22.6 Å². The second-order valence-electron chi connectivity index (χ2n) is 5.94. The van der Waals surface area contributed by atoms with Crippen molar-refractivity contribution < 1.29 is 9.59 Å². The van der Waals surface area contributed by atoms with Crippen LogP contribution >= 0.6 is 0 Å². The van der Waals surface area contributed by atoms with Crippen LogP contribution < -0.4 is 10.6 Å². The summed E-state index contributed by atoms with van der Waals surface area (Å²) >= 11 is 0. The fourth-order valence-corrected chi connectivity index (χ4v) is 3.08. The summed E-state index contributed by atoms with van der Waals surface area (Å²) in [5, 5.41) is 5.78. The monoisotopic (exact) mass is 287 g/mol. The Morgan fingerprint density at radius 3 is 2.76 bits per heavy atom. The Labute approximate surface area is 124 Å². The second kappa shape index (κ2) is 5.85. The fraction of sp³-hybridized carbons (Fsp3) is 0.500. The van der Waals surface area contributed by atoms with Gasteiger partial charge in [-0.2, -0.15) is 0 Å². The van der Waals surface area contributed by atoms with Crippen LogP contribution in [0.1, 0.15) is 30.0 Å². The van der Waals surface area contributed by atoms with Gasteiger partial charge in [0.2, 0.25) is 11.8 Å². The minimum Gasteiger partial charge on any atom is -0.350 e. The van der Waals surface area contributed by atoms with Crippen LogP contribution in [-0.4, -0.2) is 36.9 Å². The summed E-state index contributed by atoms with van der Waals surface area (Å²) in [5.41, 5.74) is 1.99. The molecule has 2 aliphatic rings. The highest BCUT2D eigenvalue weighted by molar-refractivity contribution is 5.90. The number of benzene rings is 1. The standard InChI is InChI=1S/C16H21N3O2/c1-19-8-6-11(7-9-19)15(20)18-14-13-5-3-2-4-12(13)10-17-16(14)21/h2-5,11,14H,6-10H2,1H3,(H,17,21)(H,18,20). The zero-order valence-electron chi connectivity index (χ0n) is 12.3. The van der Waals surface area contributed by atoms with Gasteiger partial charge in [-0.25, -0.2) is 0 Å². The predicted molar refractivity (Wildman–Crippen MR) is 79.4 cm³/mol. The molecule has 0 aromatic heterocycles. The van der Waals surface area contributed by atoms with Crippen molar-refractivity contribution in [3.8, 4) is 0 Å². The molecule has 0 bridgehead atoms. The maximum absolute atomic E-state index is 12.4. The highest BCUT2D eigenvalue weighted by Gasteiger charge is 2.31. The summed E-state index contributed by atoms with van der Waals surface area (Å²) in [6.07, 6.45) is 1.72. The van der Waals surface area contributed by atoms with Crippen molar-refractivity contribution in [3.05, 3.63) is 35.4 Å². The maximum Gasteiger partial charge on any atom is 0.247 e. The number of nitrogens with one attached hydrogen (secondary N) is 2. The Morgan fingerprint density at radius 1 is 1.29 bits per heavy atom. The van der Waals surface area contributed by atoms with E-state index < -0.39 is 6.04 Å². The molecule has 0 aliphatic carbocycles. The van der Waals surface area contributed by atoms with Crippen LogP contribution in [0.2, 0.25) is 0 Å². The Kier molecular flexibility index (Phi) is 3.92. The van der Waals surface area contributed by atoms with E-state index in [1.807, 2.05) is 24.3 Å². The number of amides is 2. The van der Waals surface area contributed by atoms with Crippen LogP contribution in [0, 0.1) is 5.92 Å². The van der Waals surface area contributed by atoms with E-state index >= 15 is 0 Å². The lowest BCUT2D eigenvalue weighted by Gasteiger charge is -2.31. The van der Waals surface area contributed by atoms with Gasteiger partial charge >= 0.3 is 0 Å². The van der Waals surface area contributed by atoms with E-state index in [0.717, 1.165) is 37.1 Å². The molecule has 1 aromatic carbocycles. The predicted octanol–water partition coefficient (Wildman–Crippen LogP) is 0.816. The summed E-state index contributed by atoms with van der Waals surface area (Å²) in [6.45, 7) is 2.41. The average Bonchev–Trinajstić information content (AvgIpc) is 2.51. The first-order chi connectivity index (χ1) is 10.1. The van der Waals surface area contributed by atoms with Gasteiger partial charge in [-0.15, -0.1) is 0 Å². The molecule has 1 atom stereocenters. The lowest BCUT2D eigenvalue weighted by atomic mass is 9.93. The molecule has 1 saturated heterocycles. The third kappa shape index (κ3) is 2.93. The van der Waals surface area contributed by atoms with Gasteiger partial charge in [0.15, 0.2) is 0 Å². The Morgan fingerprint density at radius 2 is 2.00 bits per heavy atom. The number of piperidine rings is 1. The van der Waals surface area contributed by atoms with Gasteiger partial charge < -0.3 is 15.5 Å². The largest absolute Gasteiger partial charge is 0.350 e. The Bertz CT molecular complexity index is 550. The first-order valence-corrected chi connectivity index (χ1v) is 7.49. The molecule has 21 heavy (non-hydrogen) atoms. The SMILES string of the molecule is CN1CCC(C(=O)NC2C(=O)NCc3ccccc32)CC1. The summed E-state index contributed by atoms with van der Waals surface area (Å²) < 4.78 is 0. The van der Waals surface area contributed by atoms with Crippen molar-refractivity contribution in [3.63, 3.8) is 0 Å². The molecule has 1 unspecified atom stereocenters. The van der Waals surface area contributed by atoms with Crippen LogP contribution in [0.25, 0.3) is 0 Å². The lowest BCUT2D eigenvalue weighted by molar-refractivity contribution is -0.132. The molecule has 0 spiro atoms. The second-order valence-corrected chi connectivity index (χ2v) is 5.94. The molecule has 0 radical (unpaired) electrons. The number of hydrogen-bond donors (Lipinski definition) is 2. The summed E-state index contributed by atoms with van der Waals surface area (Å²) in [4.78, 5) is 26.7. The minimum atomic E-state index is -0.554. The topological polar surface area (TPSA) is 61.4 Å². The van der Waals surface area contributed by atoms with Gasteiger partial charge in [0.05, 0.1) is 0 Å². The maximum atomic E-state index is 12.4. The van der Waals surface area contributed by atoms with Crippen LogP contribution in [0.3, 0.4) is 0 Å². The molecule has 112 valence electrons. The number of fused-ring (bicyclic) bond motifs is 1. The van der Waals surface area contributed by atoms with Crippen LogP contribution in [0.4, 0.5) is 0 Å². The fourth-order valence-electron chi connectivity index (χ4n) is 3.08. The Balaban J connectivity index is 1.72. The number of carbonyl (C=O) groups excluding carboxylic acids is 2. The van der Waals surface area contributed by atoms with E-state index in [1.165, 1.54) is 0 Å². The smallest absolute Gasteiger partial charge is 0.247 e. The first kappa shape index (κ1) is 14.1. The van der Waals surface area contributed by atoms with Crippen molar-refractivity contribution in [2.75, 3.05) is 20.1 Å². The van der Waals surface area contributed by atoms with E-state index in [4.69, 9.17) is 0 Å². The molecule has 2 amide bonds. The highest BCUT2D eigenvalue weighted by Crippen LogP contribution is 2.24. The zero-order valence-corrected chi connectivity index (χ0v) is 12.3. The van der Waals surface area contributed by atoms with E-state index in [1.54, 1.807) is 0 Å². The van der Waals surface area contributed by atoms with Crippen LogP contribution in [0.5, 0.6) is 0 Å². The van der Waals surface area contributed by atoms with Crippen LogP contribution in [-0.2, 0) is 16.1 Å². The summed E-state index contributed by atoms with van der Waals surface area (Å²) in [5.74, 6) is -0.0991. The van der Waals surface area contributed by atoms with Crippen molar-refractivity contribution in [2.24, 2.45) is 5.92 Å². The molecule has 2 heterocycles. The number of nitrogens with zero attached hydrogens (tertiary/aromatic N) is 1. The lowest BCUT2D eigenvalue weighted by Crippen LogP contribution is -2.47. The molecule has 5 nitrogen and oxygen atoms in total. The normalized spacial score (nSPS) is 23.3. The molecule has 1 fully saturated rings. The van der Waals surface area contributed by atoms with E-state index in [0.29, 0.717) is 6.54 Å². The van der Waals surface area contributed by atoms with Gasteiger partial charge in [-0.05, 0) is 44.1 Å². The zero-order chi connectivity index (χ0) is 14.8. The quantitative estimate of drug-likeness (QED) is 0.846. The molecule has 2 N–H and O–H groups in total. The number of carbonyl (C=O) groups is 2. The van der Waals surface area contributed by atoms with Gasteiger partial charge in [-0.1, -0.05) is 24.3 Å². The molecule has 5 heteroatoms. The third-order valence-corrected chi connectivity index (χ3v) is 4.46. The molecule has 2 aliphatic heterocycles. The van der Waals surface area contributed by atoms with Gasteiger partial charge in [0, 0.05) is 12.5 Å². The molecule has 0 saturated carbocycles. The molecule has 3 rings (SSSR count). The van der Waals surface area contributed by atoms with Crippen molar-refractivity contribution in [1.29, 1.82) is 0 Å². The highest BCUT2D eigenvalue weighted by atomic mass is 16.2. The first-order valence-electron chi connectivity index (χ1n) is 7.49. The summed E-state index contributed by atoms with van der Waals surface area (Å²) in [7, 11) is 2.07. The average molecular weight is 287 g/mol. The summed E-state index contributed by atoms with van der Waals surface area (Å²) in [6, 6.07) is 7.22. The molecule has 1 aromatic rings.